The molecule has 31 heavy (non-hydrogen) atoms. The Kier molecular flexibility index (Phi) is 5.84. The van der Waals surface area contributed by atoms with E-state index in [0.717, 1.165) is 41.7 Å². The lowest BCUT2D eigenvalue weighted by Gasteiger charge is -2.13. The van der Waals surface area contributed by atoms with Gasteiger partial charge in [0.25, 0.3) is 26.0 Å². The number of amides is 1. The third kappa shape index (κ3) is 4.64. The molecular formula is C20H19N3O5S3. The minimum Gasteiger partial charge on any atom is -0.278 e. The topological polar surface area (TPSA) is 121 Å². The molecule has 1 aliphatic rings. The maximum absolute atomic E-state index is 12.6. The Morgan fingerprint density at radius 2 is 1.65 bits per heavy atom. The molecule has 3 aromatic rings. The van der Waals surface area contributed by atoms with Crippen LogP contribution in [0.15, 0.2) is 69.1 Å². The lowest BCUT2D eigenvalue weighted by atomic mass is 10.1. The van der Waals surface area contributed by atoms with Crippen LogP contribution in [-0.4, -0.2) is 22.7 Å². The fraction of sp³-hybridized carbons (Fsp3) is 0.150. The number of sulfonamides is 2. The summed E-state index contributed by atoms with van der Waals surface area (Å²) in [6, 6.07) is 13.9. The van der Waals surface area contributed by atoms with Crippen molar-refractivity contribution in [2.75, 3.05) is 4.72 Å². The van der Waals surface area contributed by atoms with E-state index >= 15 is 0 Å². The van der Waals surface area contributed by atoms with Gasteiger partial charge in [-0.25, -0.2) is 16.8 Å². The Morgan fingerprint density at radius 1 is 0.871 bits per heavy atom. The Morgan fingerprint density at radius 3 is 2.42 bits per heavy atom. The third-order valence-corrected chi connectivity index (χ3v) is 8.86. The van der Waals surface area contributed by atoms with Crippen molar-refractivity contribution in [2.45, 2.75) is 28.4 Å². The minimum absolute atomic E-state index is 0.0284. The molecule has 11 heteroatoms. The van der Waals surface area contributed by atoms with Crippen LogP contribution in [0, 0.1) is 0 Å². The first-order chi connectivity index (χ1) is 14.8. The number of benzene rings is 2. The quantitative estimate of drug-likeness (QED) is 0.452. The first-order valence-corrected chi connectivity index (χ1v) is 13.2. The summed E-state index contributed by atoms with van der Waals surface area (Å²) in [6.07, 6.45) is 2.74. The number of carbonyl (C=O) groups excluding carboxylic acids is 1. The predicted molar refractivity (Wildman–Crippen MR) is 118 cm³/mol. The molecule has 1 heterocycles. The number of aryl methyl sites for hydroxylation is 2. The van der Waals surface area contributed by atoms with Gasteiger partial charge >= 0.3 is 0 Å². The molecule has 162 valence electrons. The molecule has 0 atom stereocenters. The van der Waals surface area contributed by atoms with E-state index in [2.05, 4.69) is 15.0 Å². The van der Waals surface area contributed by atoms with Crippen LogP contribution in [0.1, 0.15) is 27.9 Å². The minimum atomic E-state index is -3.99. The summed E-state index contributed by atoms with van der Waals surface area (Å²) in [5.41, 5.74) is 4.28. The average molecular weight is 478 g/mol. The van der Waals surface area contributed by atoms with Crippen molar-refractivity contribution in [1.29, 1.82) is 0 Å². The van der Waals surface area contributed by atoms with Gasteiger partial charge in [-0.1, -0.05) is 24.3 Å². The summed E-state index contributed by atoms with van der Waals surface area (Å²) in [6.45, 7) is 0. The first kappa shape index (κ1) is 21.5. The molecule has 1 aromatic heterocycles. The lowest BCUT2D eigenvalue weighted by molar-refractivity contribution is 0.0946. The summed E-state index contributed by atoms with van der Waals surface area (Å²) >= 11 is 1.04. The summed E-state index contributed by atoms with van der Waals surface area (Å²) < 4.78 is 52.6. The van der Waals surface area contributed by atoms with Crippen LogP contribution in [0.3, 0.4) is 0 Å². The number of hydrogen-bond donors (Lipinski definition) is 3. The molecule has 8 nitrogen and oxygen atoms in total. The number of thiophene rings is 1. The van der Waals surface area contributed by atoms with Gasteiger partial charge in [0.2, 0.25) is 0 Å². The van der Waals surface area contributed by atoms with Crippen LogP contribution in [0.4, 0.5) is 5.69 Å². The Balaban J connectivity index is 1.50. The summed E-state index contributed by atoms with van der Waals surface area (Å²) in [5, 5.41) is 1.63. The standard InChI is InChI=1S/C20H19N3O5S3/c24-20(21-23-30(25,26)16-11-10-14-5-3-6-15(14)13-16)17-7-1-2-8-18(17)22-31(27,28)19-9-4-12-29-19/h1-2,4,7-13,22-23H,3,5-6H2,(H,21,24). The van der Waals surface area contributed by atoms with Gasteiger partial charge in [0.05, 0.1) is 16.1 Å². The third-order valence-electron chi connectivity index (χ3n) is 4.86. The highest BCUT2D eigenvalue weighted by molar-refractivity contribution is 7.94. The molecule has 0 saturated heterocycles. The number of hydrogen-bond acceptors (Lipinski definition) is 6. The Labute approximate surface area is 184 Å². The highest BCUT2D eigenvalue weighted by Crippen LogP contribution is 2.25. The predicted octanol–water partition coefficient (Wildman–Crippen LogP) is 2.66. The van der Waals surface area contributed by atoms with E-state index in [0.29, 0.717) is 0 Å². The van der Waals surface area contributed by atoms with Gasteiger partial charge in [0, 0.05) is 0 Å². The number of nitrogens with one attached hydrogen (secondary N) is 3. The molecule has 0 aliphatic heterocycles. The van der Waals surface area contributed by atoms with Gasteiger partial charge in [-0.05, 0) is 66.1 Å². The molecule has 0 radical (unpaired) electrons. The number of fused-ring (bicyclic) bond motifs is 1. The van der Waals surface area contributed by atoms with Crippen molar-refractivity contribution in [3.8, 4) is 0 Å². The molecule has 4 rings (SSSR count). The smallest absolute Gasteiger partial charge is 0.271 e. The van der Waals surface area contributed by atoms with E-state index in [-0.39, 0.29) is 20.4 Å². The molecule has 1 aliphatic carbocycles. The van der Waals surface area contributed by atoms with Gasteiger partial charge < -0.3 is 0 Å². The van der Waals surface area contributed by atoms with E-state index < -0.39 is 26.0 Å². The number of hydrazine groups is 1. The maximum atomic E-state index is 12.6. The van der Waals surface area contributed by atoms with Crippen LogP contribution in [-0.2, 0) is 32.9 Å². The highest BCUT2D eigenvalue weighted by Gasteiger charge is 2.22. The van der Waals surface area contributed by atoms with Crippen LogP contribution in [0.5, 0.6) is 0 Å². The van der Waals surface area contributed by atoms with Crippen LogP contribution >= 0.6 is 11.3 Å². The first-order valence-electron chi connectivity index (χ1n) is 9.35. The fourth-order valence-electron chi connectivity index (χ4n) is 3.34. The van der Waals surface area contributed by atoms with Crippen molar-refractivity contribution in [1.82, 2.24) is 10.3 Å². The van der Waals surface area contributed by atoms with E-state index in [1.54, 1.807) is 35.7 Å². The van der Waals surface area contributed by atoms with Gasteiger partial charge in [-0.15, -0.1) is 16.2 Å². The highest BCUT2D eigenvalue weighted by atomic mass is 32.2. The number of para-hydroxylation sites is 1. The van der Waals surface area contributed by atoms with Crippen molar-refractivity contribution in [3.63, 3.8) is 0 Å². The molecule has 0 spiro atoms. The molecule has 1 amide bonds. The zero-order valence-corrected chi connectivity index (χ0v) is 18.6. The Bertz CT molecular complexity index is 1330. The molecule has 0 saturated carbocycles. The molecule has 2 aromatic carbocycles. The van der Waals surface area contributed by atoms with Gasteiger partial charge in [0.1, 0.15) is 4.21 Å². The number of anilines is 1. The average Bonchev–Trinajstić information content (AvgIpc) is 3.44. The van der Waals surface area contributed by atoms with Crippen molar-refractivity contribution in [2.24, 2.45) is 0 Å². The lowest BCUT2D eigenvalue weighted by Crippen LogP contribution is -2.41. The van der Waals surface area contributed by atoms with Crippen molar-refractivity contribution < 1.29 is 21.6 Å². The van der Waals surface area contributed by atoms with E-state index in [1.165, 1.54) is 24.3 Å². The normalized spacial score (nSPS) is 13.5. The van der Waals surface area contributed by atoms with E-state index in [1.807, 2.05) is 0 Å². The molecule has 0 bridgehead atoms. The molecular weight excluding hydrogens is 458 g/mol. The maximum Gasteiger partial charge on any atom is 0.271 e. The van der Waals surface area contributed by atoms with Gasteiger partial charge in [-0.2, -0.15) is 0 Å². The van der Waals surface area contributed by atoms with Crippen molar-refractivity contribution in [3.05, 3.63) is 76.7 Å². The summed E-state index contributed by atoms with van der Waals surface area (Å²) in [4.78, 5) is 14.8. The molecule has 0 fully saturated rings. The second kappa shape index (κ2) is 8.42. The Hall–Kier alpha value is -2.73. The van der Waals surface area contributed by atoms with Gasteiger partial charge in [-0.3, -0.25) is 14.9 Å². The van der Waals surface area contributed by atoms with Crippen molar-refractivity contribution >= 4 is 43.0 Å². The van der Waals surface area contributed by atoms with Crippen LogP contribution in [0.25, 0.3) is 0 Å². The van der Waals surface area contributed by atoms with E-state index in [4.69, 9.17) is 0 Å². The van der Waals surface area contributed by atoms with E-state index in [9.17, 15) is 21.6 Å². The molecule has 0 unspecified atom stereocenters. The monoisotopic (exact) mass is 477 g/mol. The number of carbonyl (C=O) groups is 1. The summed E-state index contributed by atoms with van der Waals surface area (Å²) in [7, 11) is -7.86. The molecule has 3 N–H and O–H groups in total. The fourth-order valence-corrected chi connectivity index (χ4v) is 6.30. The number of rotatable bonds is 7. The van der Waals surface area contributed by atoms with Gasteiger partial charge in [0.15, 0.2) is 0 Å². The zero-order chi connectivity index (χ0) is 22.1. The second-order valence-electron chi connectivity index (χ2n) is 6.93. The largest absolute Gasteiger partial charge is 0.278 e. The summed E-state index contributed by atoms with van der Waals surface area (Å²) in [5.74, 6) is -0.797. The SMILES string of the molecule is O=C(NNS(=O)(=O)c1ccc2c(c1)CCC2)c1ccccc1NS(=O)(=O)c1cccs1. The zero-order valence-electron chi connectivity index (χ0n) is 16.2. The van der Waals surface area contributed by atoms with Crippen LogP contribution in [0.2, 0.25) is 0 Å². The van der Waals surface area contributed by atoms with Crippen LogP contribution < -0.4 is 15.0 Å². The second-order valence-corrected chi connectivity index (χ2v) is 11.5.